The van der Waals surface area contributed by atoms with Gasteiger partial charge in [0.2, 0.25) is 5.91 Å². The molecule has 2 N–H and O–H groups in total. The fourth-order valence-electron chi connectivity index (χ4n) is 5.18. The molecule has 0 radical (unpaired) electrons. The third-order valence-corrected chi connectivity index (χ3v) is 8.70. The maximum absolute atomic E-state index is 12.3. The highest BCUT2D eigenvalue weighted by Gasteiger charge is 2.51. The summed E-state index contributed by atoms with van der Waals surface area (Å²) in [5.41, 5.74) is 5.98. The molecular weight excluding hydrogens is 607 g/mol. The van der Waals surface area contributed by atoms with Gasteiger partial charge in [-0.1, -0.05) is 49.1 Å². The van der Waals surface area contributed by atoms with Crippen molar-refractivity contribution in [3.63, 3.8) is 0 Å². The molecule has 0 bridgehead atoms. The van der Waals surface area contributed by atoms with Crippen molar-refractivity contribution < 1.29 is 28.4 Å². The molecule has 1 aromatic heterocycles. The smallest absolute Gasteiger partial charge is 0.493 e. The van der Waals surface area contributed by atoms with Crippen molar-refractivity contribution in [2.75, 3.05) is 19.0 Å². The molecule has 4 aromatic rings. The van der Waals surface area contributed by atoms with Crippen LogP contribution in [0.15, 0.2) is 67.0 Å². The first kappa shape index (κ1) is 34.7. The minimum atomic E-state index is -0.409. The number of aromatic nitrogens is 2. The Morgan fingerprint density at radius 2 is 1.69 bits per heavy atom. The van der Waals surface area contributed by atoms with E-state index in [1.807, 2.05) is 88.4 Å². The SMILES string of the molecule is C#Cc1cccc(Nc2ncnc3cc(OC)c(OCCCCCCC(=O)NOCc4ccc(B5OC(C)(C)C(C)(C)O5)cc4)cc23)c1. The fourth-order valence-corrected chi connectivity index (χ4v) is 5.18. The average molecular weight is 651 g/mol. The number of hydrogen-bond acceptors (Lipinski definition) is 9. The summed E-state index contributed by atoms with van der Waals surface area (Å²) in [5.74, 6) is 4.35. The molecule has 2 heterocycles. The van der Waals surface area contributed by atoms with Gasteiger partial charge < -0.3 is 24.1 Å². The highest BCUT2D eigenvalue weighted by atomic mass is 16.7. The zero-order valence-corrected chi connectivity index (χ0v) is 28.3. The number of carbonyl (C=O) groups is 1. The molecule has 11 heteroatoms. The van der Waals surface area contributed by atoms with Gasteiger partial charge in [-0.2, -0.15) is 0 Å². The van der Waals surface area contributed by atoms with E-state index in [4.69, 9.17) is 30.0 Å². The Morgan fingerprint density at radius 3 is 2.42 bits per heavy atom. The monoisotopic (exact) mass is 650 g/mol. The van der Waals surface area contributed by atoms with Crippen LogP contribution in [0.3, 0.4) is 0 Å². The van der Waals surface area contributed by atoms with Crippen molar-refractivity contribution in [3.8, 4) is 23.8 Å². The number of hydroxylamine groups is 1. The molecule has 1 aliphatic rings. The van der Waals surface area contributed by atoms with Crippen molar-refractivity contribution in [1.29, 1.82) is 0 Å². The number of unbranched alkanes of at least 4 members (excludes halogenated alkanes) is 3. The number of methoxy groups -OCH3 is 1. The molecule has 5 rings (SSSR count). The standard InChI is InChI=1S/C37H43BN4O6/c1-7-26-13-12-14-29(21-26)41-35-30-22-33(32(44-6)23-31(30)39-25-40-35)45-20-11-9-8-10-15-34(43)42-46-24-27-16-18-28(19-17-27)38-47-36(2,3)37(4,5)48-38/h1,12-14,16-19,21-23,25H,8-11,15,20,24H2,2-6H3,(H,42,43)(H,39,40,41). The maximum Gasteiger partial charge on any atom is 0.494 e. The number of nitrogens with zero attached hydrogens (tertiary/aromatic N) is 2. The molecule has 48 heavy (non-hydrogen) atoms. The number of ether oxygens (including phenoxy) is 2. The summed E-state index contributed by atoms with van der Waals surface area (Å²) in [5, 5.41) is 4.13. The zero-order valence-electron chi connectivity index (χ0n) is 28.3. The number of rotatable bonds is 15. The second-order valence-electron chi connectivity index (χ2n) is 12.7. The largest absolute Gasteiger partial charge is 0.494 e. The topological polar surface area (TPSA) is 113 Å². The number of fused-ring (bicyclic) bond motifs is 1. The number of terminal acetylenes is 1. The van der Waals surface area contributed by atoms with E-state index in [2.05, 4.69) is 26.7 Å². The summed E-state index contributed by atoms with van der Waals surface area (Å²) in [4.78, 5) is 26.6. The third-order valence-electron chi connectivity index (χ3n) is 8.70. The van der Waals surface area contributed by atoms with E-state index >= 15 is 0 Å². The highest BCUT2D eigenvalue weighted by molar-refractivity contribution is 6.62. The highest BCUT2D eigenvalue weighted by Crippen LogP contribution is 2.37. The van der Waals surface area contributed by atoms with Crippen LogP contribution in [-0.2, 0) is 25.5 Å². The average Bonchev–Trinajstić information content (AvgIpc) is 3.30. The van der Waals surface area contributed by atoms with Gasteiger partial charge in [-0.3, -0.25) is 9.63 Å². The summed E-state index contributed by atoms with van der Waals surface area (Å²) in [6.07, 6.45) is 10.8. The lowest BCUT2D eigenvalue weighted by atomic mass is 9.79. The quantitative estimate of drug-likeness (QED) is 0.0668. The van der Waals surface area contributed by atoms with Gasteiger partial charge in [0.1, 0.15) is 12.1 Å². The van der Waals surface area contributed by atoms with E-state index in [-0.39, 0.29) is 23.7 Å². The van der Waals surface area contributed by atoms with Crippen LogP contribution in [0.4, 0.5) is 11.5 Å². The van der Waals surface area contributed by atoms with Crippen LogP contribution in [0.25, 0.3) is 10.9 Å². The summed E-state index contributed by atoms with van der Waals surface area (Å²) in [6.45, 7) is 8.91. The Bertz CT molecular complexity index is 1740. The minimum absolute atomic E-state index is 0.140. The summed E-state index contributed by atoms with van der Waals surface area (Å²) >= 11 is 0. The van der Waals surface area contributed by atoms with Crippen LogP contribution < -0.4 is 25.7 Å². The number of anilines is 2. The second kappa shape index (κ2) is 15.5. The number of carbonyl (C=O) groups excluding carboxylic acids is 1. The first-order valence-corrected chi connectivity index (χ1v) is 16.2. The Labute approximate surface area is 283 Å². The lowest BCUT2D eigenvalue weighted by molar-refractivity contribution is -0.134. The van der Waals surface area contributed by atoms with Gasteiger partial charge in [0.05, 0.1) is 37.0 Å². The van der Waals surface area contributed by atoms with Crippen LogP contribution in [0.5, 0.6) is 11.5 Å². The van der Waals surface area contributed by atoms with Crippen molar-refractivity contribution in [1.82, 2.24) is 15.4 Å². The normalized spacial score (nSPS) is 14.8. The predicted molar refractivity (Wildman–Crippen MR) is 187 cm³/mol. The second-order valence-corrected chi connectivity index (χ2v) is 12.7. The van der Waals surface area contributed by atoms with E-state index < -0.39 is 7.12 Å². The molecule has 0 unspecified atom stereocenters. The Morgan fingerprint density at radius 1 is 0.938 bits per heavy atom. The van der Waals surface area contributed by atoms with E-state index in [1.165, 1.54) is 6.33 Å². The Balaban J connectivity index is 1.00. The molecule has 3 aromatic carbocycles. The maximum atomic E-state index is 12.3. The number of nitrogens with one attached hydrogen (secondary N) is 2. The van der Waals surface area contributed by atoms with Gasteiger partial charge >= 0.3 is 7.12 Å². The molecule has 1 fully saturated rings. The molecule has 0 spiro atoms. The van der Waals surface area contributed by atoms with E-state index in [0.717, 1.165) is 58.9 Å². The zero-order chi connectivity index (χ0) is 34.1. The molecule has 1 saturated heterocycles. The molecule has 0 aliphatic carbocycles. The van der Waals surface area contributed by atoms with Crippen LogP contribution in [0.2, 0.25) is 0 Å². The molecule has 1 aliphatic heterocycles. The van der Waals surface area contributed by atoms with Crippen LogP contribution in [-0.4, -0.2) is 47.9 Å². The van der Waals surface area contributed by atoms with Crippen molar-refractivity contribution in [2.45, 2.75) is 77.6 Å². The van der Waals surface area contributed by atoms with Gasteiger partial charge in [0.25, 0.3) is 0 Å². The first-order valence-electron chi connectivity index (χ1n) is 16.2. The summed E-state index contributed by atoms with van der Waals surface area (Å²) in [7, 11) is 1.20. The molecular formula is C37H43BN4O6. The fraction of sp³-hybridized carbons (Fsp3) is 0.378. The van der Waals surface area contributed by atoms with Gasteiger partial charge in [-0.15, -0.1) is 6.42 Å². The first-order chi connectivity index (χ1) is 23.1. The Kier molecular flexibility index (Phi) is 11.2. The van der Waals surface area contributed by atoms with Gasteiger partial charge in [0.15, 0.2) is 11.5 Å². The van der Waals surface area contributed by atoms with E-state index in [9.17, 15) is 4.79 Å². The van der Waals surface area contributed by atoms with E-state index in [0.29, 0.717) is 30.3 Å². The van der Waals surface area contributed by atoms with Crippen molar-refractivity contribution in [3.05, 3.63) is 78.1 Å². The predicted octanol–water partition coefficient (Wildman–Crippen LogP) is 6.24. The van der Waals surface area contributed by atoms with Gasteiger partial charge in [-0.25, -0.2) is 15.4 Å². The molecule has 0 saturated carbocycles. The Hall–Kier alpha value is -4.63. The number of benzene rings is 3. The summed E-state index contributed by atoms with van der Waals surface area (Å²) < 4.78 is 23.9. The van der Waals surface area contributed by atoms with Crippen LogP contribution >= 0.6 is 0 Å². The lowest BCUT2D eigenvalue weighted by Crippen LogP contribution is -2.41. The number of amides is 1. The van der Waals surface area contributed by atoms with E-state index in [1.54, 1.807) is 7.11 Å². The number of hydrogen-bond donors (Lipinski definition) is 2. The molecule has 1 amide bonds. The lowest BCUT2D eigenvalue weighted by Gasteiger charge is -2.32. The molecule has 250 valence electrons. The van der Waals surface area contributed by atoms with Crippen molar-refractivity contribution in [2.24, 2.45) is 0 Å². The third kappa shape index (κ3) is 8.64. The summed E-state index contributed by atoms with van der Waals surface area (Å²) in [6, 6.07) is 19.1. The molecule has 0 atom stereocenters. The van der Waals surface area contributed by atoms with Crippen LogP contribution in [0, 0.1) is 12.3 Å². The molecule has 10 nitrogen and oxygen atoms in total. The van der Waals surface area contributed by atoms with Gasteiger partial charge in [0, 0.05) is 29.1 Å². The van der Waals surface area contributed by atoms with Crippen LogP contribution in [0.1, 0.15) is 70.9 Å². The van der Waals surface area contributed by atoms with Crippen molar-refractivity contribution >= 4 is 40.9 Å². The minimum Gasteiger partial charge on any atom is -0.493 e. The van der Waals surface area contributed by atoms with Gasteiger partial charge in [-0.05, 0) is 75.8 Å².